The van der Waals surface area contributed by atoms with Gasteiger partial charge in [0.05, 0.1) is 6.04 Å². The van der Waals surface area contributed by atoms with E-state index in [2.05, 4.69) is 22.0 Å². The molecule has 0 radical (unpaired) electrons. The van der Waals surface area contributed by atoms with E-state index in [1.165, 1.54) is 18.4 Å². The average Bonchev–Trinajstić information content (AvgIpc) is 3.10. The minimum absolute atomic E-state index is 0.239. The highest BCUT2D eigenvalue weighted by molar-refractivity contribution is 5.50. The fourth-order valence-corrected chi connectivity index (χ4v) is 3.00. The van der Waals surface area contributed by atoms with E-state index < -0.39 is 0 Å². The van der Waals surface area contributed by atoms with E-state index in [-0.39, 0.29) is 6.04 Å². The third-order valence-electron chi connectivity index (χ3n) is 4.02. The third kappa shape index (κ3) is 2.07. The fourth-order valence-electron chi connectivity index (χ4n) is 3.00. The molecular weight excluding hydrogens is 226 g/mol. The van der Waals surface area contributed by atoms with Gasteiger partial charge in [-0.25, -0.2) is 4.98 Å². The topological polar surface area (TPSA) is 36.4 Å². The van der Waals surface area contributed by atoms with Crippen LogP contribution in [0.25, 0.3) is 0 Å². The maximum absolute atomic E-state index is 11.0. The van der Waals surface area contributed by atoms with Gasteiger partial charge < -0.3 is 9.80 Å². The summed E-state index contributed by atoms with van der Waals surface area (Å²) in [6.07, 6.45) is 7.60. The Morgan fingerprint density at radius 3 is 2.67 bits per heavy atom. The van der Waals surface area contributed by atoms with Crippen molar-refractivity contribution in [3.8, 4) is 0 Å². The molecule has 1 unspecified atom stereocenters. The summed E-state index contributed by atoms with van der Waals surface area (Å²) < 4.78 is 0. The van der Waals surface area contributed by atoms with Gasteiger partial charge in [-0.05, 0) is 37.3 Å². The van der Waals surface area contributed by atoms with E-state index in [0.29, 0.717) is 0 Å². The van der Waals surface area contributed by atoms with E-state index in [1.807, 2.05) is 11.1 Å². The SMILES string of the molecule is O=CN1CCCC1c1ccc(N2CCCC2)nc1. The molecule has 2 saturated heterocycles. The Labute approximate surface area is 108 Å². The molecule has 0 spiro atoms. The predicted molar refractivity (Wildman–Crippen MR) is 70.4 cm³/mol. The molecule has 2 fully saturated rings. The van der Waals surface area contributed by atoms with Gasteiger partial charge in [-0.1, -0.05) is 6.07 Å². The molecule has 2 aliphatic rings. The Balaban J connectivity index is 1.75. The minimum Gasteiger partial charge on any atom is -0.357 e. The van der Waals surface area contributed by atoms with Gasteiger partial charge in [-0.2, -0.15) is 0 Å². The van der Waals surface area contributed by atoms with Crippen LogP contribution in [0.1, 0.15) is 37.3 Å². The van der Waals surface area contributed by atoms with Crippen LogP contribution in [0.15, 0.2) is 18.3 Å². The summed E-state index contributed by atoms with van der Waals surface area (Å²) in [4.78, 5) is 19.7. The number of hydrogen-bond donors (Lipinski definition) is 0. The zero-order valence-corrected chi connectivity index (χ0v) is 10.6. The lowest BCUT2D eigenvalue weighted by molar-refractivity contribution is -0.118. The maximum atomic E-state index is 11.0. The number of rotatable bonds is 3. The summed E-state index contributed by atoms with van der Waals surface area (Å²) in [5.41, 5.74) is 1.17. The molecule has 2 aliphatic heterocycles. The monoisotopic (exact) mass is 245 g/mol. The Morgan fingerprint density at radius 2 is 2.00 bits per heavy atom. The molecule has 4 nitrogen and oxygen atoms in total. The second-order valence-corrected chi connectivity index (χ2v) is 5.15. The first kappa shape index (κ1) is 11.5. The number of pyridine rings is 1. The van der Waals surface area contributed by atoms with Gasteiger partial charge in [0.15, 0.2) is 0 Å². The van der Waals surface area contributed by atoms with Gasteiger partial charge in [-0.3, -0.25) is 4.79 Å². The number of likely N-dealkylation sites (tertiary alicyclic amines) is 1. The number of carbonyl (C=O) groups is 1. The van der Waals surface area contributed by atoms with Gasteiger partial charge in [0, 0.05) is 25.8 Å². The highest BCUT2D eigenvalue weighted by Crippen LogP contribution is 2.31. The van der Waals surface area contributed by atoms with E-state index in [1.54, 1.807) is 0 Å². The van der Waals surface area contributed by atoms with Crippen LogP contribution >= 0.6 is 0 Å². The Morgan fingerprint density at radius 1 is 1.17 bits per heavy atom. The molecule has 3 rings (SSSR count). The Bertz CT molecular complexity index is 412. The van der Waals surface area contributed by atoms with Crippen molar-refractivity contribution in [3.05, 3.63) is 23.9 Å². The molecule has 96 valence electrons. The van der Waals surface area contributed by atoms with Crippen molar-refractivity contribution in [1.82, 2.24) is 9.88 Å². The van der Waals surface area contributed by atoms with Crippen LogP contribution in [-0.2, 0) is 4.79 Å². The van der Waals surface area contributed by atoms with Crippen molar-refractivity contribution in [3.63, 3.8) is 0 Å². The predicted octanol–water partition coefficient (Wildman–Crippen LogP) is 1.98. The zero-order chi connectivity index (χ0) is 12.4. The van der Waals surface area contributed by atoms with Gasteiger partial charge in [0.2, 0.25) is 6.41 Å². The van der Waals surface area contributed by atoms with E-state index in [0.717, 1.165) is 44.7 Å². The van der Waals surface area contributed by atoms with Gasteiger partial charge in [-0.15, -0.1) is 0 Å². The molecule has 1 aromatic rings. The van der Waals surface area contributed by atoms with Crippen LogP contribution in [-0.4, -0.2) is 35.9 Å². The van der Waals surface area contributed by atoms with Crippen LogP contribution in [0.4, 0.5) is 5.82 Å². The van der Waals surface area contributed by atoms with Gasteiger partial charge in [0.1, 0.15) is 5.82 Å². The summed E-state index contributed by atoms with van der Waals surface area (Å²) in [6.45, 7) is 3.12. The van der Waals surface area contributed by atoms with Crippen molar-refractivity contribution >= 4 is 12.2 Å². The summed E-state index contributed by atoms with van der Waals surface area (Å²) in [5.74, 6) is 1.08. The lowest BCUT2D eigenvalue weighted by atomic mass is 10.1. The largest absolute Gasteiger partial charge is 0.357 e. The molecule has 0 bridgehead atoms. The third-order valence-corrected chi connectivity index (χ3v) is 4.02. The van der Waals surface area contributed by atoms with Crippen LogP contribution in [0.5, 0.6) is 0 Å². The van der Waals surface area contributed by atoms with Crippen LogP contribution in [0.2, 0.25) is 0 Å². The molecule has 0 N–H and O–H groups in total. The highest BCUT2D eigenvalue weighted by Gasteiger charge is 2.25. The first-order valence-corrected chi connectivity index (χ1v) is 6.80. The second kappa shape index (κ2) is 4.96. The minimum atomic E-state index is 0.239. The molecule has 0 aromatic carbocycles. The van der Waals surface area contributed by atoms with Gasteiger partial charge in [0.25, 0.3) is 0 Å². The Kier molecular flexibility index (Phi) is 3.17. The maximum Gasteiger partial charge on any atom is 0.210 e. The number of hydrogen-bond acceptors (Lipinski definition) is 3. The van der Waals surface area contributed by atoms with E-state index >= 15 is 0 Å². The number of nitrogens with zero attached hydrogens (tertiary/aromatic N) is 3. The molecule has 0 aliphatic carbocycles. The molecule has 1 atom stereocenters. The van der Waals surface area contributed by atoms with Crippen molar-refractivity contribution < 1.29 is 4.79 Å². The van der Waals surface area contributed by atoms with Crippen LogP contribution < -0.4 is 4.90 Å². The smallest absolute Gasteiger partial charge is 0.210 e. The molecular formula is C14H19N3O. The standard InChI is InChI=1S/C14H19N3O/c18-11-17-9-3-4-13(17)12-5-6-14(15-10-12)16-7-1-2-8-16/h5-6,10-11,13H,1-4,7-9H2. The molecule has 18 heavy (non-hydrogen) atoms. The van der Waals surface area contributed by atoms with Crippen molar-refractivity contribution in [2.45, 2.75) is 31.7 Å². The van der Waals surface area contributed by atoms with Crippen LogP contribution in [0.3, 0.4) is 0 Å². The number of amides is 1. The summed E-state index contributed by atoms with van der Waals surface area (Å²) in [7, 11) is 0. The second-order valence-electron chi connectivity index (χ2n) is 5.15. The lowest BCUT2D eigenvalue weighted by Crippen LogP contribution is -2.22. The number of carbonyl (C=O) groups excluding carboxylic acids is 1. The number of anilines is 1. The molecule has 3 heterocycles. The Hall–Kier alpha value is -1.58. The van der Waals surface area contributed by atoms with Crippen LogP contribution in [0, 0.1) is 0 Å². The summed E-state index contributed by atoms with van der Waals surface area (Å²) >= 11 is 0. The molecule has 0 saturated carbocycles. The fraction of sp³-hybridized carbons (Fsp3) is 0.571. The zero-order valence-electron chi connectivity index (χ0n) is 10.6. The highest BCUT2D eigenvalue weighted by atomic mass is 16.1. The quantitative estimate of drug-likeness (QED) is 0.764. The lowest BCUT2D eigenvalue weighted by Gasteiger charge is -2.21. The van der Waals surface area contributed by atoms with Crippen molar-refractivity contribution in [2.75, 3.05) is 24.5 Å². The van der Waals surface area contributed by atoms with Crippen molar-refractivity contribution in [1.29, 1.82) is 0 Å². The van der Waals surface area contributed by atoms with Gasteiger partial charge >= 0.3 is 0 Å². The normalized spacial score (nSPS) is 23.7. The first-order chi connectivity index (χ1) is 8.88. The molecule has 1 amide bonds. The molecule has 4 heteroatoms. The molecule has 1 aromatic heterocycles. The van der Waals surface area contributed by atoms with E-state index in [9.17, 15) is 4.79 Å². The average molecular weight is 245 g/mol. The summed E-state index contributed by atoms with van der Waals surface area (Å²) in [5, 5.41) is 0. The first-order valence-electron chi connectivity index (χ1n) is 6.80. The van der Waals surface area contributed by atoms with Crippen molar-refractivity contribution in [2.24, 2.45) is 0 Å². The van der Waals surface area contributed by atoms with E-state index in [4.69, 9.17) is 0 Å². The summed E-state index contributed by atoms with van der Waals surface area (Å²) in [6, 6.07) is 4.47. The number of aromatic nitrogens is 1.